The van der Waals surface area contributed by atoms with Crippen molar-refractivity contribution in [3.63, 3.8) is 0 Å². The molecule has 0 spiro atoms. The van der Waals surface area contributed by atoms with Gasteiger partial charge in [-0.05, 0) is 24.6 Å². The molecule has 1 atom stereocenters. The van der Waals surface area contributed by atoms with Crippen LogP contribution in [0.25, 0.3) is 0 Å². The minimum atomic E-state index is -0.435. The molecule has 0 bridgehead atoms. The molecule has 0 aliphatic carbocycles. The first-order chi connectivity index (χ1) is 10.2. The number of nitrogens with zero attached hydrogens (tertiary/aromatic N) is 1. The van der Waals surface area contributed by atoms with Gasteiger partial charge in [-0.25, -0.2) is 9.18 Å². The van der Waals surface area contributed by atoms with Gasteiger partial charge in [0.15, 0.2) is 5.69 Å². The standard InChI is InChI=1S/C15H15FN2O3/c1-2-20-15(19)14-11-7-13(21-8-12(11)17-18-14)9-3-5-10(16)6-4-9/h3-6,13H,2,7-8H2,1H3,(H,17,18). The van der Waals surface area contributed by atoms with Gasteiger partial charge in [-0.2, -0.15) is 5.10 Å². The number of carbonyl (C=O) groups excluding carboxylic acids is 1. The number of hydrogen-bond donors (Lipinski definition) is 1. The highest BCUT2D eigenvalue weighted by Crippen LogP contribution is 2.31. The molecule has 0 radical (unpaired) electrons. The average Bonchev–Trinajstić information content (AvgIpc) is 2.91. The van der Waals surface area contributed by atoms with Gasteiger partial charge in [0.2, 0.25) is 0 Å². The summed E-state index contributed by atoms with van der Waals surface area (Å²) in [4.78, 5) is 11.9. The molecule has 21 heavy (non-hydrogen) atoms. The van der Waals surface area contributed by atoms with Crippen molar-refractivity contribution in [2.75, 3.05) is 6.61 Å². The van der Waals surface area contributed by atoms with Crippen LogP contribution in [0.5, 0.6) is 0 Å². The number of carbonyl (C=O) groups is 1. The lowest BCUT2D eigenvalue weighted by molar-refractivity contribution is 0.0249. The molecule has 0 amide bonds. The van der Waals surface area contributed by atoms with Gasteiger partial charge in [-0.1, -0.05) is 12.1 Å². The summed E-state index contributed by atoms with van der Waals surface area (Å²) < 4.78 is 23.7. The molecule has 0 saturated carbocycles. The maximum absolute atomic E-state index is 13.0. The summed E-state index contributed by atoms with van der Waals surface area (Å²) in [5.74, 6) is -0.722. The molecule has 1 N–H and O–H groups in total. The van der Waals surface area contributed by atoms with Crippen molar-refractivity contribution in [3.8, 4) is 0 Å². The number of aromatic amines is 1. The predicted octanol–water partition coefficient (Wildman–Crippen LogP) is 2.54. The van der Waals surface area contributed by atoms with Crippen molar-refractivity contribution in [2.24, 2.45) is 0 Å². The van der Waals surface area contributed by atoms with Gasteiger partial charge >= 0.3 is 5.97 Å². The monoisotopic (exact) mass is 290 g/mol. The lowest BCUT2D eigenvalue weighted by atomic mass is 9.97. The zero-order valence-corrected chi connectivity index (χ0v) is 11.6. The van der Waals surface area contributed by atoms with Crippen LogP contribution in [0.1, 0.15) is 40.3 Å². The van der Waals surface area contributed by atoms with E-state index in [1.54, 1.807) is 19.1 Å². The Labute approximate surface area is 121 Å². The molecule has 6 heteroatoms. The lowest BCUT2D eigenvalue weighted by Gasteiger charge is -2.23. The number of nitrogens with one attached hydrogen (secondary N) is 1. The Bertz CT molecular complexity index is 651. The van der Waals surface area contributed by atoms with Crippen LogP contribution in [0.2, 0.25) is 0 Å². The molecule has 0 fully saturated rings. The Morgan fingerprint density at radius 1 is 1.48 bits per heavy atom. The van der Waals surface area contributed by atoms with Crippen LogP contribution in [-0.4, -0.2) is 22.8 Å². The second-order valence-corrected chi connectivity index (χ2v) is 4.81. The van der Waals surface area contributed by atoms with E-state index < -0.39 is 5.97 Å². The topological polar surface area (TPSA) is 64.2 Å². The number of fused-ring (bicyclic) bond motifs is 1. The molecule has 3 rings (SSSR count). The quantitative estimate of drug-likeness (QED) is 0.882. The highest BCUT2D eigenvalue weighted by molar-refractivity contribution is 5.89. The van der Waals surface area contributed by atoms with E-state index in [0.717, 1.165) is 16.8 Å². The smallest absolute Gasteiger partial charge is 0.359 e. The molecular formula is C15H15FN2O3. The Balaban J connectivity index is 1.85. The van der Waals surface area contributed by atoms with Crippen LogP contribution >= 0.6 is 0 Å². The van der Waals surface area contributed by atoms with E-state index in [1.807, 2.05) is 0 Å². The fourth-order valence-corrected chi connectivity index (χ4v) is 2.43. The zero-order valence-electron chi connectivity index (χ0n) is 11.6. The number of esters is 1. The zero-order chi connectivity index (χ0) is 14.8. The van der Waals surface area contributed by atoms with Crippen molar-refractivity contribution in [1.82, 2.24) is 10.2 Å². The van der Waals surface area contributed by atoms with Crippen molar-refractivity contribution >= 4 is 5.97 Å². The summed E-state index contributed by atoms with van der Waals surface area (Å²) in [5.41, 5.74) is 2.78. The van der Waals surface area contributed by atoms with E-state index in [2.05, 4.69) is 10.2 Å². The third-order valence-corrected chi connectivity index (χ3v) is 3.48. The number of aromatic nitrogens is 2. The number of hydrogen-bond acceptors (Lipinski definition) is 4. The summed E-state index contributed by atoms with van der Waals surface area (Å²) >= 11 is 0. The van der Waals surface area contributed by atoms with Gasteiger partial charge in [0, 0.05) is 12.0 Å². The van der Waals surface area contributed by atoms with Crippen LogP contribution in [0.4, 0.5) is 4.39 Å². The first kappa shape index (κ1) is 13.8. The summed E-state index contributed by atoms with van der Waals surface area (Å²) in [6.45, 7) is 2.39. The molecule has 1 unspecified atom stereocenters. The van der Waals surface area contributed by atoms with E-state index in [0.29, 0.717) is 25.3 Å². The van der Waals surface area contributed by atoms with Gasteiger partial charge in [0.05, 0.1) is 25.0 Å². The fraction of sp³-hybridized carbons (Fsp3) is 0.333. The molecule has 2 aromatic rings. The lowest BCUT2D eigenvalue weighted by Crippen LogP contribution is -2.17. The number of rotatable bonds is 3. The van der Waals surface area contributed by atoms with E-state index >= 15 is 0 Å². The fourth-order valence-electron chi connectivity index (χ4n) is 2.43. The predicted molar refractivity (Wildman–Crippen MR) is 72.2 cm³/mol. The normalized spacial score (nSPS) is 17.3. The van der Waals surface area contributed by atoms with Crippen LogP contribution in [-0.2, 0) is 22.5 Å². The summed E-state index contributed by atoms with van der Waals surface area (Å²) in [5, 5.41) is 6.83. The molecule has 2 heterocycles. The van der Waals surface area contributed by atoms with Gasteiger partial charge in [0.25, 0.3) is 0 Å². The molecule has 1 aliphatic heterocycles. The van der Waals surface area contributed by atoms with Gasteiger partial charge < -0.3 is 9.47 Å². The largest absolute Gasteiger partial charge is 0.461 e. The molecule has 110 valence electrons. The second kappa shape index (κ2) is 5.65. The Morgan fingerprint density at radius 3 is 2.95 bits per heavy atom. The number of ether oxygens (including phenoxy) is 2. The minimum absolute atomic E-state index is 0.219. The van der Waals surface area contributed by atoms with Crippen molar-refractivity contribution < 1.29 is 18.7 Å². The minimum Gasteiger partial charge on any atom is -0.461 e. The van der Waals surface area contributed by atoms with Crippen molar-refractivity contribution in [2.45, 2.75) is 26.1 Å². The first-order valence-corrected chi connectivity index (χ1v) is 6.79. The molecular weight excluding hydrogens is 275 g/mol. The van der Waals surface area contributed by atoms with Gasteiger partial charge in [-0.3, -0.25) is 5.10 Å². The highest BCUT2D eigenvalue weighted by atomic mass is 19.1. The van der Waals surface area contributed by atoms with Crippen LogP contribution < -0.4 is 0 Å². The molecule has 1 aromatic carbocycles. The highest BCUT2D eigenvalue weighted by Gasteiger charge is 2.28. The van der Waals surface area contributed by atoms with Crippen LogP contribution in [0, 0.1) is 5.82 Å². The molecule has 0 saturated heterocycles. The Kier molecular flexibility index (Phi) is 3.70. The summed E-state index contributed by atoms with van der Waals surface area (Å²) in [7, 11) is 0. The van der Waals surface area contributed by atoms with Crippen molar-refractivity contribution in [1.29, 1.82) is 0 Å². The average molecular weight is 290 g/mol. The summed E-state index contributed by atoms with van der Waals surface area (Å²) in [6.07, 6.45) is 0.287. The molecule has 1 aromatic heterocycles. The number of halogens is 1. The maximum Gasteiger partial charge on any atom is 0.359 e. The Morgan fingerprint density at radius 2 is 2.24 bits per heavy atom. The number of H-pyrrole nitrogens is 1. The van der Waals surface area contributed by atoms with Crippen molar-refractivity contribution in [3.05, 3.63) is 52.6 Å². The Hall–Kier alpha value is -2.21. The maximum atomic E-state index is 13.0. The van der Waals surface area contributed by atoms with E-state index in [1.165, 1.54) is 12.1 Å². The van der Waals surface area contributed by atoms with Gasteiger partial charge in [-0.15, -0.1) is 0 Å². The van der Waals surface area contributed by atoms with E-state index in [9.17, 15) is 9.18 Å². The number of benzene rings is 1. The molecule has 1 aliphatic rings. The molecule has 5 nitrogen and oxygen atoms in total. The SMILES string of the molecule is CCOC(=O)c1n[nH]c2c1CC(c1ccc(F)cc1)OC2. The second-order valence-electron chi connectivity index (χ2n) is 4.81. The first-order valence-electron chi connectivity index (χ1n) is 6.79. The van der Waals surface area contributed by atoms with Crippen LogP contribution in [0.15, 0.2) is 24.3 Å². The van der Waals surface area contributed by atoms with E-state index in [-0.39, 0.29) is 11.9 Å². The summed E-state index contributed by atoms with van der Waals surface area (Å²) in [6, 6.07) is 6.18. The van der Waals surface area contributed by atoms with Gasteiger partial charge in [0.1, 0.15) is 5.82 Å². The third-order valence-electron chi connectivity index (χ3n) is 3.48. The third kappa shape index (κ3) is 2.67. The van der Waals surface area contributed by atoms with Crippen LogP contribution in [0.3, 0.4) is 0 Å². The van der Waals surface area contributed by atoms with E-state index in [4.69, 9.17) is 9.47 Å².